The SMILES string of the molecule is CCCCCCCCCCC=C(CC(O)CO)C(=O)O. The number of hydrogen-bond donors (Lipinski definition) is 3. The molecule has 0 saturated carbocycles. The lowest BCUT2D eigenvalue weighted by atomic mass is 10.0. The smallest absolute Gasteiger partial charge is 0.331 e. The molecule has 0 aromatic rings. The predicted octanol–water partition coefficient (Wildman–Crippen LogP) is 3.27. The van der Waals surface area contributed by atoms with Crippen molar-refractivity contribution in [2.24, 2.45) is 0 Å². The minimum atomic E-state index is -1.00. The fourth-order valence-corrected chi connectivity index (χ4v) is 2.13. The minimum Gasteiger partial charge on any atom is -0.478 e. The molecule has 0 aromatic heterocycles. The molecule has 3 N–H and O–H groups in total. The van der Waals surface area contributed by atoms with E-state index in [1.165, 1.54) is 38.5 Å². The predicted molar refractivity (Wildman–Crippen MR) is 80.7 cm³/mol. The number of aliphatic hydroxyl groups is 2. The van der Waals surface area contributed by atoms with Crippen LogP contribution in [0.4, 0.5) is 0 Å². The van der Waals surface area contributed by atoms with Gasteiger partial charge in [-0.3, -0.25) is 0 Å². The van der Waals surface area contributed by atoms with Crippen molar-refractivity contribution in [1.29, 1.82) is 0 Å². The van der Waals surface area contributed by atoms with E-state index in [2.05, 4.69) is 6.92 Å². The Morgan fingerprint density at radius 1 is 1.05 bits per heavy atom. The molecule has 0 fully saturated rings. The molecule has 0 aliphatic heterocycles. The Morgan fingerprint density at radius 3 is 2.10 bits per heavy atom. The Balaban J connectivity index is 3.70. The Labute approximate surface area is 122 Å². The van der Waals surface area contributed by atoms with Crippen molar-refractivity contribution in [2.75, 3.05) is 6.61 Å². The second-order valence-corrected chi connectivity index (χ2v) is 5.34. The number of hydrogen-bond acceptors (Lipinski definition) is 3. The topological polar surface area (TPSA) is 77.8 Å². The molecule has 0 aromatic carbocycles. The number of allylic oxidation sites excluding steroid dienone is 1. The third-order valence-electron chi connectivity index (χ3n) is 3.39. The van der Waals surface area contributed by atoms with Gasteiger partial charge in [0.15, 0.2) is 0 Å². The Hall–Kier alpha value is -0.870. The summed E-state index contributed by atoms with van der Waals surface area (Å²) >= 11 is 0. The average molecular weight is 286 g/mol. The zero-order valence-corrected chi connectivity index (χ0v) is 12.7. The summed E-state index contributed by atoms with van der Waals surface area (Å²) in [5.41, 5.74) is 0.203. The van der Waals surface area contributed by atoms with Gasteiger partial charge < -0.3 is 15.3 Å². The van der Waals surface area contributed by atoms with Gasteiger partial charge in [-0.2, -0.15) is 0 Å². The molecule has 118 valence electrons. The van der Waals surface area contributed by atoms with Gasteiger partial charge in [0.25, 0.3) is 0 Å². The van der Waals surface area contributed by atoms with Gasteiger partial charge in [-0.1, -0.05) is 57.9 Å². The third kappa shape index (κ3) is 11.0. The molecule has 0 rings (SSSR count). The van der Waals surface area contributed by atoms with E-state index in [1.54, 1.807) is 6.08 Å². The molecule has 0 heterocycles. The second-order valence-electron chi connectivity index (χ2n) is 5.34. The molecular formula is C16H30O4. The van der Waals surface area contributed by atoms with E-state index >= 15 is 0 Å². The summed E-state index contributed by atoms with van der Waals surface area (Å²) in [6.45, 7) is 1.81. The summed E-state index contributed by atoms with van der Waals surface area (Å²) < 4.78 is 0. The first-order chi connectivity index (χ1) is 9.61. The van der Waals surface area contributed by atoms with Crippen LogP contribution in [0.25, 0.3) is 0 Å². The molecule has 0 radical (unpaired) electrons. The minimum absolute atomic E-state index is 0.0167. The molecule has 0 spiro atoms. The maximum atomic E-state index is 11.0. The molecule has 4 nitrogen and oxygen atoms in total. The Kier molecular flexibility index (Phi) is 12.6. The number of aliphatic hydroxyl groups excluding tert-OH is 2. The fourth-order valence-electron chi connectivity index (χ4n) is 2.13. The quantitative estimate of drug-likeness (QED) is 0.359. The number of aliphatic carboxylic acids is 1. The largest absolute Gasteiger partial charge is 0.478 e. The summed E-state index contributed by atoms with van der Waals surface area (Å²) in [5.74, 6) is -1.00. The van der Waals surface area contributed by atoms with Crippen LogP contribution in [0, 0.1) is 0 Å². The number of carbonyl (C=O) groups is 1. The first kappa shape index (κ1) is 19.1. The molecule has 0 aliphatic carbocycles. The molecule has 0 saturated heterocycles. The molecule has 20 heavy (non-hydrogen) atoms. The second kappa shape index (κ2) is 13.1. The number of unbranched alkanes of at least 4 members (excludes halogenated alkanes) is 8. The van der Waals surface area contributed by atoms with Crippen LogP contribution in [-0.4, -0.2) is 34.0 Å². The normalized spacial score (nSPS) is 13.4. The molecule has 0 bridgehead atoms. The highest BCUT2D eigenvalue weighted by atomic mass is 16.4. The van der Waals surface area contributed by atoms with E-state index in [4.69, 9.17) is 10.2 Å². The third-order valence-corrected chi connectivity index (χ3v) is 3.39. The van der Waals surface area contributed by atoms with Crippen molar-refractivity contribution >= 4 is 5.97 Å². The molecule has 0 amide bonds. The average Bonchev–Trinajstić information content (AvgIpc) is 2.43. The van der Waals surface area contributed by atoms with Crippen molar-refractivity contribution in [3.8, 4) is 0 Å². The maximum absolute atomic E-state index is 11.0. The summed E-state index contributed by atoms with van der Waals surface area (Å²) in [5, 5.41) is 27.0. The number of carboxylic acids is 1. The van der Waals surface area contributed by atoms with Crippen molar-refractivity contribution in [2.45, 2.75) is 77.2 Å². The van der Waals surface area contributed by atoms with Crippen LogP contribution in [0.5, 0.6) is 0 Å². The van der Waals surface area contributed by atoms with Crippen molar-refractivity contribution in [3.63, 3.8) is 0 Å². The lowest BCUT2D eigenvalue weighted by Crippen LogP contribution is -2.16. The van der Waals surface area contributed by atoms with Crippen LogP contribution in [0.2, 0.25) is 0 Å². The lowest BCUT2D eigenvalue weighted by molar-refractivity contribution is -0.133. The van der Waals surface area contributed by atoms with E-state index in [9.17, 15) is 9.90 Å². The zero-order valence-electron chi connectivity index (χ0n) is 12.7. The van der Waals surface area contributed by atoms with E-state index < -0.39 is 18.7 Å². The van der Waals surface area contributed by atoms with Gasteiger partial charge in [0.2, 0.25) is 0 Å². The zero-order chi connectivity index (χ0) is 15.2. The summed E-state index contributed by atoms with van der Waals surface area (Å²) in [6, 6.07) is 0. The van der Waals surface area contributed by atoms with Gasteiger partial charge >= 0.3 is 5.97 Å². The standard InChI is InChI=1S/C16H30O4/c1-2-3-4-5-6-7-8-9-10-11-14(16(19)20)12-15(18)13-17/h11,15,17-18H,2-10,12-13H2,1H3,(H,19,20). The fraction of sp³-hybridized carbons (Fsp3) is 0.812. The first-order valence-electron chi connectivity index (χ1n) is 7.83. The van der Waals surface area contributed by atoms with Gasteiger partial charge in [0, 0.05) is 12.0 Å². The summed E-state index contributed by atoms with van der Waals surface area (Å²) in [7, 11) is 0. The van der Waals surface area contributed by atoms with E-state index in [-0.39, 0.29) is 12.0 Å². The van der Waals surface area contributed by atoms with Crippen LogP contribution in [0.1, 0.15) is 71.1 Å². The van der Waals surface area contributed by atoms with E-state index in [0.717, 1.165) is 19.3 Å². The van der Waals surface area contributed by atoms with Gasteiger partial charge in [0.1, 0.15) is 0 Å². The van der Waals surface area contributed by atoms with E-state index in [1.807, 2.05) is 0 Å². The van der Waals surface area contributed by atoms with Gasteiger partial charge in [-0.15, -0.1) is 0 Å². The van der Waals surface area contributed by atoms with Crippen LogP contribution in [-0.2, 0) is 4.79 Å². The Bertz CT molecular complexity index is 274. The monoisotopic (exact) mass is 286 g/mol. The van der Waals surface area contributed by atoms with Crippen molar-refractivity contribution in [3.05, 3.63) is 11.6 Å². The molecule has 1 unspecified atom stereocenters. The Morgan fingerprint density at radius 2 is 1.60 bits per heavy atom. The van der Waals surface area contributed by atoms with Gasteiger partial charge in [-0.05, 0) is 12.8 Å². The highest BCUT2D eigenvalue weighted by Gasteiger charge is 2.12. The van der Waals surface area contributed by atoms with Crippen LogP contribution < -0.4 is 0 Å². The van der Waals surface area contributed by atoms with Crippen LogP contribution in [0.3, 0.4) is 0 Å². The van der Waals surface area contributed by atoms with E-state index in [0.29, 0.717) is 0 Å². The van der Waals surface area contributed by atoms with Gasteiger partial charge in [0.05, 0.1) is 12.7 Å². The maximum Gasteiger partial charge on any atom is 0.331 e. The van der Waals surface area contributed by atoms with Crippen LogP contribution >= 0.6 is 0 Å². The van der Waals surface area contributed by atoms with Crippen molar-refractivity contribution in [1.82, 2.24) is 0 Å². The van der Waals surface area contributed by atoms with Crippen molar-refractivity contribution < 1.29 is 20.1 Å². The highest BCUT2D eigenvalue weighted by molar-refractivity contribution is 5.86. The molecule has 4 heteroatoms. The number of carboxylic acid groups (broad SMARTS) is 1. The summed E-state index contributed by atoms with van der Waals surface area (Å²) in [6.07, 6.45) is 11.2. The highest BCUT2D eigenvalue weighted by Crippen LogP contribution is 2.12. The molecular weight excluding hydrogens is 256 g/mol. The van der Waals surface area contributed by atoms with Gasteiger partial charge in [-0.25, -0.2) is 4.79 Å². The molecule has 1 atom stereocenters. The summed E-state index contributed by atoms with van der Waals surface area (Å²) in [4.78, 5) is 11.0. The first-order valence-corrected chi connectivity index (χ1v) is 7.83. The number of rotatable bonds is 13. The molecule has 0 aliphatic rings. The lowest BCUT2D eigenvalue weighted by Gasteiger charge is -2.07. The van der Waals surface area contributed by atoms with Crippen LogP contribution in [0.15, 0.2) is 11.6 Å².